The summed E-state index contributed by atoms with van der Waals surface area (Å²) in [6, 6.07) is 45.4. The van der Waals surface area contributed by atoms with Crippen LogP contribution < -0.4 is 42.3 Å². The zero-order valence-corrected chi connectivity index (χ0v) is 31.1. The molecule has 0 unspecified atom stereocenters. The maximum absolute atomic E-state index is 7.08. The second-order valence-electron chi connectivity index (χ2n) is 15.2. The quantitative estimate of drug-likeness (QED) is 0.136. The number of benzene rings is 7. The molecule has 7 aromatic carbocycles. The Bertz CT molecular complexity index is 3160. The van der Waals surface area contributed by atoms with Crippen molar-refractivity contribution in [3.63, 3.8) is 0 Å². The van der Waals surface area contributed by atoms with E-state index in [1.807, 2.05) is 0 Å². The van der Waals surface area contributed by atoms with Gasteiger partial charge in [0.05, 0.1) is 11.0 Å². The number of hydrogen-bond donors (Lipinski definition) is 0. The number of halogens is 1. The van der Waals surface area contributed by atoms with E-state index in [0.29, 0.717) is 0 Å². The number of nitrogens with zero attached hydrogens (tertiary/aromatic N) is 2. The number of para-hydroxylation sites is 4. The first-order valence-electron chi connectivity index (χ1n) is 18.7. The van der Waals surface area contributed by atoms with Crippen LogP contribution in [0, 0.1) is 3.57 Å². The highest BCUT2D eigenvalue weighted by Gasteiger charge is 2.45. The van der Waals surface area contributed by atoms with Crippen LogP contribution in [-0.4, -0.2) is 22.6 Å². The first-order chi connectivity index (χ1) is 26.2. The molecule has 0 radical (unpaired) electrons. The largest absolute Gasteiger partial charge is 0.458 e. The molecule has 0 atom stereocenters. The number of aryl methyl sites for hydroxylation is 1. The second kappa shape index (κ2) is 10.2. The monoisotopic (exact) mass is 790 g/mol. The maximum Gasteiger partial charge on any atom is 0.256 e. The van der Waals surface area contributed by atoms with Gasteiger partial charge < -0.3 is 18.6 Å². The number of unbranched alkanes of at least 4 members (excludes halogenated alkanes) is 1. The lowest BCUT2D eigenvalue weighted by molar-refractivity contribution is 0.465. The molecule has 0 saturated heterocycles. The van der Waals surface area contributed by atoms with Crippen molar-refractivity contribution in [1.82, 2.24) is 9.13 Å². The van der Waals surface area contributed by atoms with Gasteiger partial charge in [-0.2, -0.15) is 0 Å². The third-order valence-electron chi connectivity index (χ3n) is 12.4. The highest BCUT2D eigenvalue weighted by molar-refractivity contribution is 14.1. The van der Waals surface area contributed by atoms with Gasteiger partial charge in [0.15, 0.2) is 0 Å². The van der Waals surface area contributed by atoms with E-state index in [1.54, 1.807) is 0 Å². The van der Waals surface area contributed by atoms with E-state index in [0.717, 1.165) is 45.8 Å². The van der Waals surface area contributed by atoms with Crippen molar-refractivity contribution in [1.29, 1.82) is 0 Å². The van der Waals surface area contributed by atoms with Crippen LogP contribution in [0.5, 0.6) is 23.0 Å². The molecular formula is C46H29B2IN2O2. The number of fused-ring (bicyclic) bond motifs is 14. The summed E-state index contributed by atoms with van der Waals surface area (Å²) in [5, 5.41) is 5.17. The fraction of sp³-hybridized carbons (Fsp3) is 0.0870. The molecule has 0 aliphatic carbocycles. The minimum Gasteiger partial charge on any atom is -0.458 e. The summed E-state index contributed by atoms with van der Waals surface area (Å²) in [6.07, 6.45) is 3.32. The van der Waals surface area contributed by atoms with Gasteiger partial charge in [0, 0.05) is 53.6 Å². The maximum atomic E-state index is 7.08. The average molecular weight is 790 g/mol. The average Bonchev–Trinajstić information content (AvgIpc) is 3.71. The minimum absolute atomic E-state index is 0.0229. The Hall–Kier alpha value is -5.40. The van der Waals surface area contributed by atoms with Crippen LogP contribution in [-0.2, 0) is 6.42 Å². The van der Waals surface area contributed by atoms with Crippen LogP contribution in [0.15, 0.2) is 121 Å². The first kappa shape index (κ1) is 29.1. The Labute approximate surface area is 320 Å². The molecule has 4 aliphatic heterocycles. The molecule has 6 heterocycles. The zero-order valence-electron chi connectivity index (χ0n) is 28.9. The van der Waals surface area contributed by atoms with Gasteiger partial charge in [-0.25, -0.2) is 0 Å². The Balaban J connectivity index is 1.11. The molecule has 248 valence electrons. The van der Waals surface area contributed by atoms with Gasteiger partial charge in [0.1, 0.15) is 23.0 Å². The van der Waals surface area contributed by atoms with Gasteiger partial charge in [-0.3, -0.25) is 0 Å². The summed E-state index contributed by atoms with van der Waals surface area (Å²) < 4.78 is 20.2. The molecule has 0 fully saturated rings. The van der Waals surface area contributed by atoms with Crippen LogP contribution in [0.1, 0.15) is 25.3 Å². The summed E-state index contributed by atoms with van der Waals surface area (Å²) in [4.78, 5) is 0. The molecule has 0 bridgehead atoms. The van der Waals surface area contributed by atoms with Gasteiger partial charge in [0.25, 0.3) is 13.4 Å². The van der Waals surface area contributed by atoms with Gasteiger partial charge in [0.2, 0.25) is 0 Å². The SMILES string of the molecule is CCCCc1cc2c3c(c1)-n1c4ccccc4c4cccc(c41)B3c1cc3c(cc1O2)Oc1cc(I)cc2c1B3c1cccc3c4ccccc4n-2c13. The third-order valence-corrected chi connectivity index (χ3v) is 13.0. The van der Waals surface area contributed by atoms with Crippen molar-refractivity contribution in [3.8, 4) is 34.4 Å². The van der Waals surface area contributed by atoms with Crippen molar-refractivity contribution in [2.45, 2.75) is 26.2 Å². The Kier molecular flexibility index (Phi) is 5.58. The van der Waals surface area contributed by atoms with Crippen LogP contribution in [0.25, 0.3) is 55.0 Å². The first-order valence-corrected chi connectivity index (χ1v) is 19.8. The van der Waals surface area contributed by atoms with E-state index in [-0.39, 0.29) is 13.4 Å². The number of rotatable bonds is 3. The molecule has 4 nitrogen and oxygen atoms in total. The van der Waals surface area contributed by atoms with Crippen LogP contribution in [0.4, 0.5) is 0 Å². The highest BCUT2D eigenvalue weighted by Crippen LogP contribution is 2.42. The number of ether oxygens (including phenoxy) is 2. The Morgan fingerprint density at radius 3 is 1.68 bits per heavy atom. The topological polar surface area (TPSA) is 28.3 Å². The molecule has 0 N–H and O–H groups in total. The van der Waals surface area contributed by atoms with Crippen molar-refractivity contribution in [3.05, 3.63) is 130 Å². The normalized spacial score (nSPS) is 13.9. The van der Waals surface area contributed by atoms with Crippen LogP contribution >= 0.6 is 22.6 Å². The van der Waals surface area contributed by atoms with Crippen molar-refractivity contribution in [2.75, 3.05) is 0 Å². The summed E-state index contributed by atoms with van der Waals surface area (Å²) in [5.74, 6) is 3.66. The van der Waals surface area contributed by atoms with Crippen molar-refractivity contribution < 1.29 is 9.47 Å². The van der Waals surface area contributed by atoms with Gasteiger partial charge in [-0.05, 0) is 110 Å². The molecule has 0 amide bonds. The Morgan fingerprint density at radius 2 is 1.08 bits per heavy atom. The molecule has 7 heteroatoms. The zero-order chi connectivity index (χ0) is 34.7. The van der Waals surface area contributed by atoms with Crippen LogP contribution in [0.2, 0.25) is 0 Å². The Morgan fingerprint density at radius 1 is 0.528 bits per heavy atom. The van der Waals surface area contributed by atoms with E-state index in [1.165, 1.54) is 93.3 Å². The minimum atomic E-state index is 0.0229. The summed E-state index contributed by atoms with van der Waals surface area (Å²) >= 11 is 2.45. The third kappa shape index (κ3) is 3.59. The molecule has 0 saturated carbocycles. The van der Waals surface area contributed by atoms with E-state index in [9.17, 15) is 0 Å². The summed E-state index contributed by atoms with van der Waals surface area (Å²) in [6.45, 7) is 2.31. The smallest absolute Gasteiger partial charge is 0.256 e. The predicted molar refractivity (Wildman–Crippen MR) is 229 cm³/mol. The molecule has 4 aliphatic rings. The summed E-state index contributed by atoms with van der Waals surface area (Å²) in [7, 11) is 0. The molecular weight excluding hydrogens is 761 g/mol. The van der Waals surface area contributed by atoms with E-state index in [4.69, 9.17) is 9.47 Å². The molecule has 53 heavy (non-hydrogen) atoms. The predicted octanol–water partition coefficient (Wildman–Crippen LogP) is 7.70. The lowest BCUT2D eigenvalue weighted by Crippen LogP contribution is -2.62. The van der Waals surface area contributed by atoms with E-state index >= 15 is 0 Å². The lowest BCUT2D eigenvalue weighted by Gasteiger charge is -2.37. The van der Waals surface area contributed by atoms with Gasteiger partial charge in [-0.15, -0.1) is 0 Å². The van der Waals surface area contributed by atoms with Crippen LogP contribution in [0.3, 0.4) is 0 Å². The van der Waals surface area contributed by atoms with E-state index in [2.05, 4.69) is 160 Å². The fourth-order valence-electron chi connectivity index (χ4n) is 10.4. The van der Waals surface area contributed by atoms with Crippen molar-refractivity contribution in [2.24, 2.45) is 0 Å². The number of aromatic nitrogens is 2. The van der Waals surface area contributed by atoms with Gasteiger partial charge >= 0.3 is 0 Å². The lowest BCUT2D eigenvalue weighted by atomic mass is 9.31. The summed E-state index contributed by atoms with van der Waals surface area (Å²) in [5.41, 5.74) is 16.4. The standard InChI is InChI=1S/C46H29B2IN2O2/c1-2-3-10-25-19-37-43-41(20-25)52-39-24-40-34(23-33(39)47(43)31-15-8-13-29-27-11-4-6-17-35(27)50(37)45(29)31)48-32-16-9-14-30-28-12-5-7-18-36(28)51(46(30)32)38-21-26(49)22-42(53-40)44(38)48/h4-9,11-24H,2-3,10H2,1H3. The number of hydrogen-bond acceptors (Lipinski definition) is 2. The second-order valence-corrected chi connectivity index (χ2v) is 16.4. The molecule has 13 rings (SSSR count). The fourth-order valence-corrected chi connectivity index (χ4v) is 10.9. The van der Waals surface area contributed by atoms with E-state index < -0.39 is 0 Å². The molecule has 2 aromatic heterocycles. The molecule has 9 aromatic rings. The molecule has 0 spiro atoms. The van der Waals surface area contributed by atoms with Crippen molar-refractivity contribution >= 4 is 112 Å². The highest BCUT2D eigenvalue weighted by atomic mass is 127. The van der Waals surface area contributed by atoms with Gasteiger partial charge in [-0.1, -0.05) is 92.2 Å².